The smallest absolute Gasteiger partial charge is 0.0767 e. The highest BCUT2D eigenvalue weighted by atomic mass is 16.3. The van der Waals surface area contributed by atoms with Gasteiger partial charge in [0.25, 0.3) is 0 Å². The van der Waals surface area contributed by atoms with Gasteiger partial charge in [0.15, 0.2) is 0 Å². The van der Waals surface area contributed by atoms with Crippen LogP contribution in [0.1, 0.15) is 31.7 Å². The van der Waals surface area contributed by atoms with Crippen LogP contribution in [0, 0.1) is 6.92 Å². The molecule has 0 spiro atoms. The Hall–Kier alpha value is -1.06. The lowest BCUT2D eigenvalue weighted by molar-refractivity contribution is 0.0350. The number of nitrogens with zero attached hydrogens (tertiary/aromatic N) is 1. The molecule has 3 nitrogen and oxygen atoms in total. The lowest BCUT2D eigenvalue weighted by Gasteiger charge is -2.26. The molecule has 0 aliphatic heterocycles. The first-order valence-corrected chi connectivity index (χ1v) is 6.71. The molecular formula is C15H26N2O. The first-order chi connectivity index (χ1) is 8.50. The summed E-state index contributed by atoms with van der Waals surface area (Å²) in [5.41, 5.74) is 7.40. The Bertz CT molecular complexity index is 344. The summed E-state index contributed by atoms with van der Waals surface area (Å²) in [7, 11) is 2.08. The van der Waals surface area contributed by atoms with E-state index < -0.39 is 5.60 Å². The number of aryl methyl sites for hydroxylation is 1. The molecule has 1 aromatic rings. The van der Waals surface area contributed by atoms with E-state index in [1.165, 1.54) is 11.3 Å². The largest absolute Gasteiger partial charge is 0.389 e. The average molecular weight is 250 g/mol. The Balaban J connectivity index is 2.42. The zero-order valence-corrected chi connectivity index (χ0v) is 11.8. The van der Waals surface area contributed by atoms with E-state index in [4.69, 9.17) is 5.73 Å². The van der Waals surface area contributed by atoms with Crippen LogP contribution in [0.4, 0.5) is 5.69 Å². The van der Waals surface area contributed by atoms with E-state index in [1.54, 1.807) is 0 Å². The van der Waals surface area contributed by atoms with Gasteiger partial charge in [-0.3, -0.25) is 0 Å². The SMILES string of the molecule is CCC(O)(CN)CCCN(C)c1ccc(C)cc1. The number of aliphatic hydroxyl groups is 1. The quantitative estimate of drug-likeness (QED) is 0.781. The molecule has 0 radical (unpaired) electrons. The number of benzene rings is 1. The summed E-state index contributed by atoms with van der Waals surface area (Å²) in [6.07, 6.45) is 2.43. The molecule has 1 unspecified atom stereocenters. The molecule has 0 amide bonds. The fourth-order valence-electron chi connectivity index (χ4n) is 2.00. The van der Waals surface area contributed by atoms with Gasteiger partial charge in [-0.25, -0.2) is 0 Å². The summed E-state index contributed by atoms with van der Waals surface area (Å²) >= 11 is 0. The highest BCUT2D eigenvalue weighted by Gasteiger charge is 2.21. The van der Waals surface area contributed by atoms with Crippen LogP contribution in [0.25, 0.3) is 0 Å². The molecule has 0 fully saturated rings. The van der Waals surface area contributed by atoms with Gasteiger partial charge in [0, 0.05) is 25.8 Å². The van der Waals surface area contributed by atoms with Crippen molar-refractivity contribution in [2.24, 2.45) is 5.73 Å². The van der Waals surface area contributed by atoms with Crippen LogP contribution in [-0.2, 0) is 0 Å². The normalized spacial score (nSPS) is 14.3. The molecule has 0 aliphatic carbocycles. The lowest BCUT2D eigenvalue weighted by atomic mass is 9.95. The van der Waals surface area contributed by atoms with E-state index in [1.807, 2.05) is 6.92 Å². The van der Waals surface area contributed by atoms with Crippen molar-refractivity contribution >= 4 is 5.69 Å². The first kappa shape index (κ1) is 15.0. The van der Waals surface area contributed by atoms with E-state index >= 15 is 0 Å². The molecule has 0 heterocycles. The lowest BCUT2D eigenvalue weighted by Crippen LogP contribution is -2.37. The minimum atomic E-state index is -0.686. The molecule has 102 valence electrons. The summed E-state index contributed by atoms with van der Waals surface area (Å²) in [5, 5.41) is 10.1. The third-order valence-electron chi connectivity index (χ3n) is 3.65. The topological polar surface area (TPSA) is 49.5 Å². The summed E-state index contributed by atoms with van der Waals surface area (Å²) in [6.45, 7) is 5.35. The molecule has 1 atom stereocenters. The Morgan fingerprint density at radius 2 is 1.89 bits per heavy atom. The predicted molar refractivity (Wildman–Crippen MR) is 78.0 cm³/mol. The van der Waals surface area contributed by atoms with E-state index in [2.05, 4.69) is 43.1 Å². The third kappa shape index (κ3) is 4.31. The number of hydrogen-bond donors (Lipinski definition) is 2. The number of nitrogens with two attached hydrogens (primary N) is 1. The Morgan fingerprint density at radius 3 is 2.39 bits per heavy atom. The van der Waals surface area contributed by atoms with Crippen molar-refractivity contribution in [2.75, 3.05) is 25.0 Å². The second kappa shape index (κ2) is 6.76. The molecule has 3 N–H and O–H groups in total. The standard InChI is InChI=1S/C15H26N2O/c1-4-15(18,12-16)10-5-11-17(3)14-8-6-13(2)7-9-14/h6-9,18H,4-5,10-12,16H2,1-3H3. The zero-order valence-electron chi connectivity index (χ0n) is 11.8. The second-order valence-electron chi connectivity index (χ2n) is 5.14. The minimum absolute atomic E-state index is 0.345. The van der Waals surface area contributed by atoms with Gasteiger partial charge >= 0.3 is 0 Å². The van der Waals surface area contributed by atoms with Crippen LogP contribution >= 0.6 is 0 Å². The molecule has 0 bridgehead atoms. The van der Waals surface area contributed by atoms with E-state index in [9.17, 15) is 5.11 Å². The fraction of sp³-hybridized carbons (Fsp3) is 0.600. The molecule has 18 heavy (non-hydrogen) atoms. The van der Waals surface area contributed by atoms with Crippen molar-refractivity contribution in [2.45, 2.75) is 38.7 Å². The van der Waals surface area contributed by atoms with Crippen molar-refractivity contribution in [1.29, 1.82) is 0 Å². The van der Waals surface area contributed by atoms with Crippen LogP contribution in [0.3, 0.4) is 0 Å². The van der Waals surface area contributed by atoms with Crippen LogP contribution in [0.2, 0.25) is 0 Å². The zero-order chi connectivity index (χ0) is 13.6. The van der Waals surface area contributed by atoms with Gasteiger partial charge in [-0.2, -0.15) is 0 Å². The van der Waals surface area contributed by atoms with Crippen LogP contribution < -0.4 is 10.6 Å². The highest BCUT2D eigenvalue weighted by Crippen LogP contribution is 2.18. The molecule has 0 saturated carbocycles. The maximum Gasteiger partial charge on any atom is 0.0767 e. The van der Waals surface area contributed by atoms with Crippen LogP contribution in [0.5, 0.6) is 0 Å². The number of rotatable bonds is 7. The molecule has 0 saturated heterocycles. The second-order valence-corrected chi connectivity index (χ2v) is 5.14. The van der Waals surface area contributed by atoms with Crippen molar-refractivity contribution < 1.29 is 5.11 Å². The Morgan fingerprint density at radius 1 is 1.28 bits per heavy atom. The fourth-order valence-corrected chi connectivity index (χ4v) is 2.00. The monoisotopic (exact) mass is 250 g/mol. The predicted octanol–water partition coefficient (Wildman–Crippen LogP) is 2.31. The van der Waals surface area contributed by atoms with Gasteiger partial charge in [-0.05, 0) is 38.3 Å². The van der Waals surface area contributed by atoms with E-state index in [0.29, 0.717) is 6.54 Å². The summed E-state index contributed by atoms with van der Waals surface area (Å²) < 4.78 is 0. The van der Waals surface area contributed by atoms with Crippen molar-refractivity contribution in [3.63, 3.8) is 0 Å². The maximum absolute atomic E-state index is 10.1. The molecule has 3 heteroatoms. The average Bonchev–Trinajstić information content (AvgIpc) is 2.39. The Labute approximate surface area is 111 Å². The van der Waals surface area contributed by atoms with Crippen molar-refractivity contribution in [3.05, 3.63) is 29.8 Å². The van der Waals surface area contributed by atoms with Crippen molar-refractivity contribution in [1.82, 2.24) is 0 Å². The number of anilines is 1. The van der Waals surface area contributed by atoms with E-state index in [0.717, 1.165) is 25.8 Å². The van der Waals surface area contributed by atoms with Crippen LogP contribution in [-0.4, -0.2) is 30.8 Å². The molecule has 0 aromatic heterocycles. The van der Waals surface area contributed by atoms with Crippen molar-refractivity contribution in [3.8, 4) is 0 Å². The number of hydrogen-bond acceptors (Lipinski definition) is 3. The maximum atomic E-state index is 10.1. The summed E-state index contributed by atoms with van der Waals surface area (Å²) in [4.78, 5) is 2.21. The van der Waals surface area contributed by atoms with Gasteiger partial charge in [0.2, 0.25) is 0 Å². The van der Waals surface area contributed by atoms with Crippen LogP contribution in [0.15, 0.2) is 24.3 Å². The van der Waals surface area contributed by atoms with Gasteiger partial charge in [-0.15, -0.1) is 0 Å². The Kier molecular flexibility index (Phi) is 5.63. The highest BCUT2D eigenvalue weighted by molar-refractivity contribution is 5.46. The molecule has 1 aromatic carbocycles. The molecule has 0 aliphatic rings. The molecular weight excluding hydrogens is 224 g/mol. The van der Waals surface area contributed by atoms with Gasteiger partial charge in [-0.1, -0.05) is 24.6 Å². The van der Waals surface area contributed by atoms with Gasteiger partial charge < -0.3 is 15.7 Å². The minimum Gasteiger partial charge on any atom is -0.389 e. The van der Waals surface area contributed by atoms with Gasteiger partial charge in [0.05, 0.1) is 5.60 Å². The van der Waals surface area contributed by atoms with E-state index in [-0.39, 0.29) is 0 Å². The third-order valence-corrected chi connectivity index (χ3v) is 3.65. The van der Waals surface area contributed by atoms with Gasteiger partial charge in [0.1, 0.15) is 0 Å². The molecule has 1 rings (SSSR count). The first-order valence-electron chi connectivity index (χ1n) is 6.71. The summed E-state index contributed by atoms with van der Waals surface area (Å²) in [5.74, 6) is 0. The summed E-state index contributed by atoms with van der Waals surface area (Å²) in [6, 6.07) is 8.50.